The zero-order valence-corrected chi connectivity index (χ0v) is 10.1. The van der Waals surface area contributed by atoms with Crippen LogP contribution in [0.3, 0.4) is 0 Å². The van der Waals surface area contributed by atoms with Crippen LogP contribution in [0.15, 0.2) is 18.2 Å². The van der Waals surface area contributed by atoms with Crippen molar-refractivity contribution in [1.29, 1.82) is 0 Å². The lowest BCUT2D eigenvalue weighted by Gasteiger charge is -2.33. The van der Waals surface area contributed by atoms with Crippen molar-refractivity contribution in [3.63, 3.8) is 0 Å². The van der Waals surface area contributed by atoms with Crippen molar-refractivity contribution in [3.8, 4) is 5.75 Å². The van der Waals surface area contributed by atoms with E-state index in [4.69, 9.17) is 9.47 Å². The Hall–Kier alpha value is -1.95. The van der Waals surface area contributed by atoms with Crippen molar-refractivity contribution < 1.29 is 19.2 Å². The number of hydrogen-bond donors (Lipinski definition) is 0. The Kier molecular flexibility index (Phi) is 3.29. The summed E-state index contributed by atoms with van der Waals surface area (Å²) in [6.07, 6.45) is -0.836. The van der Waals surface area contributed by atoms with Gasteiger partial charge in [-0.3, -0.25) is 14.9 Å². The quantitative estimate of drug-likeness (QED) is 0.600. The molecule has 1 aromatic rings. The maximum absolute atomic E-state index is 11.2. The molecule has 1 aromatic carbocycles. The monoisotopic (exact) mass is 251 g/mol. The van der Waals surface area contributed by atoms with Crippen LogP contribution in [0, 0.1) is 17.0 Å². The van der Waals surface area contributed by atoms with Crippen LogP contribution in [0.1, 0.15) is 12.0 Å². The molecule has 6 heteroatoms. The van der Waals surface area contributed by atoms with Gasteiger partial charge >= 0.3 is 5.69 Å². The number of aryl methyl sites for hydroxylation is 1. The maximum Gasteiger partial charge on any atom is 0.313 e. The smallest absolute Gasteiger partial charge is 0.313 e. The fourth-order valence-corrected chi connectivity index (χ4v) is 1.98. The van der Waals surface area contributed by atoms with E-state index in [0.29, 0.717) is 5.56 Å². The first-order valence-corrected chi connectivity index (χ1v) is 5.50. The molecular formula is C12H13NO5. The van der Waals surface area contributed by atoms with Gasteiger partial charge in [-0.25, -0.2) is 0 Å². The molecule has 1 aliphatic carbocycles. The number of carbonyl (C=O) groups excluding carboxylic acids is 1. The van der Waals surface area contributed by atoms with E-state index in [1.165, 1.54) is 13.2 Å². The normalized spacial score (nSPS) is 22.4. The number of rotatable bonds is 4. The number of para-hydroxylation sites is 1. The molecular weight excluding hydrogens is 238 g/mol. The predicted molar refractivity (Wildman–Crippen MR) is 62.7 cm³/mol. The van der Waals surface area contributed by atoms with Crippen LogP contribution in [-0.2, 0) is 9.53 Å². The fourth-order valence-electron chi connectivity index (χ4n) is 1.98. The standard InChI is InChI=1S/C12H13NO5/c1-7-4-3-5-9(11(7)13(15)16)18-10-6-8(14)12(10)17-2/h3-5,10,12H,6H2,1-2H3. The summed E-state index contributed by atoms with van der Waals surface area (Å²) < 4.78 is 10.5. The highest BCUT2D eigenvalue weighted by Crippen LogP contribution is 2.34. The summed E-state index contributed by atoms with van der Waals surface area (Å²) in [5.41, 5.74) is 0.462. The van der Waals surface area contributed by atoms with Crippen LogP contribution >= 0.6 is 0 Å². The van der Waals surface area contributed by atoms with Gasteiger partial charge in [0.1, 0.15) is 6.10 Å². The summed E-state index contributed by atoms with van der Waals surface area (Å²) in [5.74, 6) is 0.136. The number of ether oxygens (including phenoxy) is 2. The molecule has 18 heavy (non-hydrogen) atoms. The molecule has 0 saturated heterocycles. The lowest BCUT2D eigenvalue weighted by Crippen LogP contribution is -2.51. The number of ketones is 1. The second kappa shape index (κ2) is 4.73. The third kappa shape index (κ3) is 2.06. The van der Waals surface area contributed by atoms with E-state index in [9.17, 15) is 14.9 Å². The SMILES string of the molecule is COC1C(=O)CC1Oc1cccc(C)c1[N+](=O)[O-]. The molecule has 1 saturated carbocycles. The maximum atomic E-state index is 11.2. The number of nitro benzene ring substituents is 1. The van der Waals surface area contributed by atoms with Crippen LogP contribution in [0.4, 0.5) is 5.69 Å². The summed E-state index contributed by atoms with van der Waals surface area (Å²) in [4.78, 5) is 21.7. The van der Waals surface area contributed by atoms with Gasteiger partial charge in [0.25, 0.3) is 0 Å². The Balaban J connectivity index is 2.22. The molecule has 2 atom stereocenters. The zero-order chi connectivity index (χ0) is 13.3. The molecule has 1 aliphatic rings. The molecule has 0 N–H and O–H groups in total. The van der Waals surface area contributed by atoms with E-state index in [1.807, 2.05) is 0 Å². The summed E-state index contributed by atoms with van der Waals surface area (Å²) >= 11 is 0. The zero-order valence-electron chi connectivity index (χ0n) is 10.1. The largest absolute Gasteiger partial charge is 0.480 e. The molecule has 1 fully saturated rings. The number of hydrogen-bond acceptors (Lipinski definition) is 5. The van der Waals surface area contributed by atoms with Gasteiger partial charge in [0.15, 0.2) is 17.6 Å². The lowest BCUT2D eigenvalue weighted by molar-refractivity contribution is -0.386. The first-order chi connectivity index (χ1) is 8.54. The van der Waals surface area contributed by atoms with Gasteiger partial charge < -0.3 is 9.47 Å². The van der Waals surface area contributed by atoms with Gasteiger partial charge in [-0.05, 0) is 13.0 Å². The summed E-state index contributed by atoms with van der Waals surface area (Å²) in [6.45, 7) is 1.64. The second-order valence-corrected chi connectivity index (χ2v) is 4.16. The molecule has 6 nitrogen and oxygen atoms in total. The van der Waals surface area contributed by atoms with Crippen molar-refractivity contribution in [2.75, 3.05) is 7.11 Å². The Bertz CT molecular complexity index is 499. The molecule has 2 unspecified atom stereocenters. The van der Waals surface area contributed by atoms with E-state index in [0.717, 1.165) is 0 Å². The Morgan fingerprint density at radius 1 is 1.44 bits per heavy atom. The highest BCUT2D eigenvalue weighted by molar-refractivity contribution is 5.90. The van der Waals surface area contributed by atoms with Crippen molar-refractivity contribution in [1.82, 2.24) is 0 Å². The van der Waals surface area contributed by atoms with E-state index in [2.05, 4.69) is 0 Å². The van der Waals surface area contributed by atoms with Crippen LogP contribution in [0.25, 0.3) is 0 Å². The van der Waals surface area contributed by atoms with E-state index in [-0.39, 0.29) is 23.6 Å². The van der Waals surface area contributed by atoms with Crippen molar-refractivity contribution in [3.05, 3.63) is 33.9 Å². The first kappa shape index (κ1) is 12.5. The third-order valence-electron chi connectivity index (χ3n) is 2.97. The predicted octanol–water partition coefficient (Wildman–Crippen LogP) is 1.64. The Morgan fingerprint density at radius 3 is 2.72 bits per heavy atom. The van der Waals surface area contributed by atoms with Crippen molar-refractivity contribution in [2.45, 2.75) is 25.6 Å². The number of Topliss-reactive ketones (excluding diaryl/α,β-unsaturated/α-hetero) is 1. The minimum Gasteiger partial charge on any atom is -0.480 e. The van der Waals surface area contributed by atoms with Crippen LogP contribution in [0.5, 0.6) is 5.75 Å². The van der Waals surface area contributed by atoms with Gasteiger partial charge in [0, 0.05) is 19.1 Å². The number of methoxy groups -OCH3 is 1. The molecule has 0 aromatic heterocycles. The van der Waals surface area contributed by atoms with Crippen LogP contribution in [0.2, 0.25) is 0 Å². The Labute approximate surface area is 104 Å². The summed E-state index contributed by atoms with van der Waals surface area (Å²) in [6, 6.07) is 4.85. The van der Waals surface area contributed by atoms with E-state index < -0.39 is 17.1 Å². The lowest BCUT2D eigenvalue weighted by atomic mass is 9.90. The number of nitrogens with zero attached hydrogens (tertiary/aromatic N) is 1. The average molecular weight is 251 g/mol. The highest BCUT2D eigenvalue weighted by Gasteiger charge is 2.42. The van der Waals surface area contributed by atoms with Crippen molar-refractivity contribution >= 4 is 11.5 Å². The second-order valence-electron chi connectivity index (χ2n) is 4.16. The Morgan fingerprint density at radius 2 is 2.17 bits per heavy atom. The van der Waals surface area contributed by atoms with Gasteiger partial charge in [-0.1, -0.05) is 12.1 Å². The average Bonchev–Trinajstić information content (AvgIpc) is 2.28. The highest BCUT2D eigenvalue weighted by atomic mass is 16.6. The molecule has 0 amide bonds. The minimum absolute atomic E-state index is 0.0437. The molecule has 0 spiro atoms. The van der Waals surface area contributed by atoms with Crippen LogP contribution < -0.4 is 4.74 Å². The minimum atomic E-state index is -0.620. The van der Waals surface area contributed by atoms with Crippen LogP contribution in [-0.4, -0.2) is 30.0 Å². The van der Waals surface area contributed by atoms with E-state index >= 15 is 0 Å². The molecule has 96 valence electrons. The van der Waals surface area contributed by atoms with Crippen molar-refractivity contribution in [2.24, 2.45) is 0 Å². The van der Waals surface area contributed by atoms with Gasteiger partial charge in [-0.15, -0.1) is 0 Å². The summed E-state index contributed by atoms with van der Waals surface area (Å²) in [7, 11) is 1.42. The van der Waals surface area contributed by atoms with Gasteiger partial charge in [0.05, 0.1) is 4.92 Å². The molecule has 0 heterocycles. The molecule has 0 aliphatic heterocycles. The number of carbonyl (C=O) groups is 1. The summed E-state index contributed by atoms with van der Waals surface area (Å²) in [5, 5.41) is 11.0. The number of benzene rings is 1. The molecule has 0 radical (unpaired) electrons. The topological polar surface area (TPSA) is 78.7 Å². The molecule has 0 bridgehead atoms. The third-order valence-corrected chi connectivity index (χ3v) is 2.97. The van der Waals surface area contributed by atoms with Gasteiger partial charge in [0.2, 0.25) is 0 Å². The van der Waals surface area contributed by atoms with E-state index in [1.54, 1.807) is 19.1 Å². The first-order valence-electron chi connectivity index (χ1n) is 5.50. The fraction of sp³-hybridized carbons (Fsp3) is 0.417. The number of nitro groups is 1. The van der Waals surface area contributed by atoms with Gasteiger partial charge in [-0.2, -0.15) is 0 Å². The molecule has 2 rings (SSSR count).